The van der Waals surface area contributed by atoms with Crippen LogP contribution in [0.4, 0.5) is 11.4 Å². The fourth-order valence-corrected chi connectivity index (χ4v) is 3.83. The number of fused-ring (bicyclic) bond motifs is 2. The number of ether oxygens (including phenoxy) is 1. The van der Waals surface area contributed by atoms with E-state index < -0.39 is 23.8 Å². The van der Waals surface area contributed by atoms with E-state index in [0.717, 1.165) is 16.8 Å². The molecule has 1 aliphatic carbocycles. The van der Waals surface area contributed by atoms with Crippen molar-refractivity contribution in [2.45, 2.75) is 31.2 Å². The maximum atomic E-state index is 11.7. The molecule has 1 heterocycles. The van der Waals surface area contributed by atoms with Crippen LogP contribution in [-0.2, 0) is 11.2 Å². The van der Waals surface area contributed by atoms with E-state index in [1.165, 1.54) is 0 Å². The van der Waals surface area contributed by atoms with Crippen LogP contribution >= 0.6 is 11.6 Å². The number of para-hydroxylation sites is 1. The molecule has 0 saturated carbocycles. The lowest BCUT2D eigenvalue weighted by atomic mass is 10.1. The van der Waals surface area contributed by atoms with Crippen LogP contribution in [0.1, 0.15) is 24.2 Å². The second-order valence-corrected chi connectivity index (χ2v) is 7.30. The Balaban J connectivity index is 1.70. The topological polar surface area (TPSA) is 82.0 Å². The lowest BCUT2D eigenvalue weighted by Gasteiger charge is -2.29. The Bertz CT molecular complexity index is 903. The Labute approximate surface area is 156 Å². The Morgan fingerprint density at radius 2 is 2.15 bits per heavy atom. The van der Waals surface area contributed by atoms with Gasteiger partial charge in [0.05, 0.1) is 11.8 Å². The number of aliphatic hydroxyl groups excluding tert-OH is 1. The van der Waals surface area contributed by atoms with E-state index >= 15 is 0 Å². The van der Waals surface area contributed by atoms with Crippen molar-refractivity contribution >= 4 is 28.9 Å². The molecule has 7 heteroatoms. The molecule has 26 heavy (non-hydrogen) atoms. The number of hydrogen-bond donors (Lipinski definition) is 3. The average molecular weight is 375 g/mol. The van der Waals surface area contributed by atoms with Crippen LogP contribution in [0.5, 0.6) is 5.75 Å². The van der Waals surface area contributed by atoms with Gasteiger partial charge >= 0.3 is 5.97 Å². The Hall–Kier alpha value is -2.44. The highest BCUT2D eigenvalue weighted by atomic mass is 35.5. The number of carboxylic acids is 1. The molecule has 0 aromatic heterocycles. The first-order chi connectivity index (χ1) is 12.3. The van der Waals surface area contributed by atoms with Crippen molar-refractivity contribution in [3.05, 3.63) is 52.5 Å². The quantitative estimate of drug-likeness (QED) is 0.766. The highest BCUT2D eigenvalue weighted by molar-refractivity contribution is 6.30. The number of aliphatic hydroxyl groups is 1. The summed E-state index contributed by atoms with van der Waals surface area (Å²) in [4.78, 5) is 13.4. The molecule has 0 fully saturated rings. The Kier molecular flexibility index (Phi) is 3.78. The van der Waals surface area contributed by atoms with Gasteiger partial charge in [-0.2, -0.15) is 0 Å². The lowest BCUT2D eigenvalue weighted by molar-refractivity contribution is -0.141. The maximum absolute atomic E-state index is 11.7. The van der Waals surface area contributed by atoms with Gasteiger partial charge < -0.3 is 25.2 Å². The zero-order valence-corrected chi connectivity index (χ0v) is 15.1. The first-order valence-electron chi connectivity index (χ1n) is 8.33. The number of nitrogens with one attached hydrogen (secondary N) is 1. The molecular formula is C19H19ClN2O4. The highest BCUT2D eigenvalue weighted by Gasteiger charge is 2.45. The molecular weight excluding hydrogens is 356 g/mol. The van der Waals surface area contributed by atoms with Crippen LogP contribution in [0.25, 0.3) is 0 Å². The van der Waals surface area contributed by atoms with Gasteiger partial charge in [-0.3, -0.25) is 0 Å². The summed E-state index contributed by atoms with van der Waals surface area (Å²) in [7, 11) is 1.72. The van der Waals surface area contributed by atoms with Gasteiger partial charge in [-0.25, -0.2) is 4.79 Å². The van der Waals surface area contributed by atoms with Crippen molar-refractivity contribution in [2.24, 2.45) is 0 Å². The minimum Gasteiger partial charge on any atom is -0.481 e. The van der Waals surface area contributed by atoms with Crippen LogP contribution in [0, 0.1) is 0 Å². The Morgan fingerprint density at radius 1 is 1.38 bits per heavy atom. The molecule has 3 atom stereocenters. The van der Waals surface area contributed by atoms with E-state index in [0.29, 0.717) is 22.9 Å². The highest BCUT2D eigenvalue weighted by Crippen LogP contribution is 2.47. The van der Waals surface area contributed by atoms with Gasteiger partial charge in [0.2, 0.25) is 5.66 Å². The number of hydrogen-bond acceptors (Lipinski definition) is 5. The third-order valence-electron chi connectivity index (χ3n) is 5.27. The molecule has 1 unspecified atom stereocenters. The molecule has 2 aliphatic rings. The zero-order chi connectivity index (χ0) is 18.6. The van der Waals surface area contributed by atoms with Gasteiger partial charge in [-0.05, 0) is 42.3 Å². The number of rotatable bonds is 3. The number of aliphatic carboxylic acids is 1. The number of carboxylic acid groups (broad SMARTS) is 1. The second kappa shape index (κ2) is 5.79. The van der Waals surface area contributed by atoms with E-state index in [-0.39, 0.29) is 0 Å². The largest absolute Gasteiger partial charge is 0.481 e. The third-order valence-corrected chi connectivity index (χ3v) is 5.50. The van der Waals surface area contributed by atoms with E-state index in [9.17, 15) is 15.0 Å². The fourth-order valence-electron chi connectivity index (χ4n) is 3.64. The van der Waals surface area contributed by atoms with Crippen molar-refractivity contribution in [1.29, 1.82) is 0 Å². The molecule has 0 spiro atoms. The van der Waals surface area contributed by atoms with E-state index in [1.54, 1.807) is 31.0 Å². The summed E-state index contributed by atoms with van der Waals surface area (Å²) in [5.41, 5.74) is 1.93. The molecule has 0 bridgehead atoms. The van der Waals surface area contributed by atoms with Crippen molar-refractivity contribution in [2.75, 3.05) is 17.3 Å². The minimum absolute atomic E-state index is 0.468. The zero-order valence-electron chi connectivity index (χ0n) is 14.4. The number of nitrogens with zero attached hydrogens (tertiary/aromatic N) is 1. The van der Waals surface area contributed by atoms with Gasteiger partial charge in [-0.15, -0.1) is 0 Å². The van der Waals surface area contributed by atoms with E-state index in [1.807, 2.05) is 24.3 Å². The van der Waals surface area contributed by atoms with Crippen molar-refractivity contribution in [3.8, 4) is 5.75 Å². The molecule has 0 amide bonds. The first kappa shape index (κ1) is 17.0. The number of halogens is 1. The normalized spacial score (nSPS) is 26.2. The molecule has 2 aromatic rings. The number of carbonyl (C=O) groups is 1. The summed E-state index contributed by atoms with van der Waals surface area (Å²) in [6.45, 7) is 1.60. The van der Waals surface area contributed by atoms with E-state index in [2.05, 4.69) is 5.32 Å². The van der Waals surface area contributed by atoms with Gasteiger partial charge in [0.25, 0.3) is 0 Å². The summed E-state index contributed by atoms with van der Waals surface area (Å²) >= 11 is 6.04. The predicted molar refractivity (Wildman–Crippen MR) is 99.0 cm³/mol. The SMILES string of the molecule is CN1c2cccc(O[C@@H]3c4ccc(Cl)cc4C[C@H]3O)c2NC1(C)C(=O)O. The van der Waals surface area contributed by atoms with Crippen LogP contribution in [-0.4, -0.2) is 35.0 Å². The summed E-state index contributed by atoms with van der Waals surface area (Å²) in [6, 6.07) is 10.9. The molecule has 136 valence electrons. The van der Waals surface area contributed by atoms with Crippen LogP contribution in [0.2, 0.25) is 5.02 Å². The predicted octanol–water partition coefficient (Wildman–Crippen LogP) is 3.04. The molecule has 4 rings (SSSR count). The molecule has 1 aliphatic heterocycles. The third kappa shape index (κ3) is 2.40. The maximum Gasteiger partial charge on any atom is 0.350 e. The number of benzene rings is 2. The Morgan fingerprint density at radius 3 is 2.88 bits per heavy atom. The molecule has 0 saturated heterocycles. The molecule has 2 aromatic carbocycles. The molecule has 6 nitrogen and oxygen atoms in total. The summed E-state index contributed by atoms with van der Waals surface area (Å²) in [6.07, 6.45) is -0.752. The summed E-state index contributed by atoms with van der Waals surface area (Å²) in [5.74, 6) is -0.478. The van der Waals surface area contributed by atoms with Crippen molar-refractivity contribution in [3.63, 3.8) is 0 Å². The smallest absolute Gasteiger partial charge is 0.350 e. The van der Waals surface area contributed by atoms with Gasteiger partial charge in [0.15, 0.2) is 6.10 Å². The summed E-state index contributed by atoms with van der Waals surface area (Å²) in [5, 5.41) is 23.7. The standard InChI is InChI=1S/C19H19ClN2O4/c1-19(18(24)25)21-16-13(22(19)2)4-3-5-15(16)26-17-12-7-6-11(20)8-10(12)9-14(17)23/h3-8,14,17,21,23H,9H2,1-2H3,(H,24,25)/t14-,17-,19?/m1/s1. The van der Waals surface area contributed by atoms with Gasteiger partial charge in [0, 0.05) is 18.5 Å². The summed E-state index contributed by atoms with van der Waals surface area (Å²) < 4.78 is 6.14. The van der Waals surface area contributed by atoms with Gasteiger partial charge in [-0.1, -0.05) is 23.7 Å². The van der Waals surface area contributed by atoms with Crippen LogP contribution < -0.4 is 15.0 Å². The first-order valence-corrected chi connectivity index (χ1v) is 8.70. The fraction of sp³-hybridized carbons (Fsp3) is 0.316. The average Bonchev–Trinajstić information content (AvgIpc) is 3.04. The number of likely N-dealkylation sites (N-methyl/N-ethyl adjacent to an activating group) is 1. The van der Waals surface area contributed by atoms with Crippen LogP contribution in [0.15, 0.2) is 36.4 Å². The van der Waals surface area contributed by atoms with Crippen LogP contribution in [0.3, 0.4) is 0 Å². The molecule has 3 N–H and O–H groups in total. The minimum atomic E-state index is -1.26. The van der Waals surface area contributed by atoms with E-state index in [4.69, 9.17) is 16.3 Å². The number of anilines is 2. The molecule has 0 radical (unpaired) electrons. The van der Waals surface area contributed by atoms with Crippen molar-refractivity contribution in [1.82, 2.24) is 0 Å². The lowest BCUT2D eigenvalue weighted by Crippen LogP contribution is -2.52. The monoisotopic (exact) mass is 374 g/mol. The van der Waals surface area contributed by atoms with Gasteiger partial charge in [0.1, 0.15) is 11.4 Å². The van der Waals surface area contributed by atoms with Crippen molar-refractivity contribution < 1.29 is 19.7 Å². The second-order valence-electron chi connectivity index (χ2n) is 6.86.